The summed E-state index contributed by atoms with van der Waals surface area (Å²) in [6, 6.07) is 7.73. The van der Waals surface area contributed by atoms with Gasteiger partial charge in [-0.3, -0.25) is 4.79 Å². The maximum atomic E-state index is 9.89. The Morgan fingerprint density at radius 2 is 2.07 bits per heavy atom. The van der Waals surface area contributed by atoms with Gasteiger partial charge in [0.1, 0.15) is 19.0 Å². The fourth-order valence-electron chi connectivity index (χ4n) is 1.22. The molecular formula is C12H14O3. The van der Waals surface area contributed by atoms with Crippen molar-refractivity contribution in [2.75, 3.05) is 13.2 Å². The number of benzene rings is 1. The van der Waals surface area contributed by atoms with E-state index in [0.717, 1.165) is 17.7 Å². The van der Waals surface area contributed by atoms with E-state index in [9.17, 15) is 4.79 Å². The van der Waals surface area contributed by atoms with Crippen LogP contribution in [0.5, 0.6) is 5.75 Å². The van der Waals surface area contributed by atoms with Gasteiger partial charge < -0.3 is 9.47 Å². The average Bonchev–Trinajstić information content (AvgIpc) is 2.27. The van der Waals surface area contributed by atoms with Gasteiger partial charge in [0, 0.05) is 0 Å². The van der Waals surface area contributed by atoms with Crippen molar-refractivity contribution in [1.29, 1.82) is 0 Å². The molecule has 1 aromatic carbocycles. The van der Waals surface area contributed by atoms with Crippen molar-refractivity contribution in [3.05, 3.63) is 42.5 Å². The summed E-state index contributed by atoms with van der Waals surface area (Å²) in [6.07, 6.45) is 2.59. The zero-order valence-electron chi connectivity index (χ0n) is 8.52. The van der Waals surface area contributed by atoms with E-state index in [-0.39, 0.29) is 6.61 Å². The Morgan fingerprint density at radius 1 is 1.27 bits per heavy atom. The molecule has 0 radical (unpaired) electrons. The molecule has 0 N–H and O–H groups in total. The minimum Gasteiger partial charge on any atom is -0.490 e. The maximum Gasteiger partial charge on any atom is 0.293 e. The molecule has 0 fully saturated rings. The second kappa shape index (κ2) is 6.65. The van der Waals surface area contributed by atoms with Crippen LogP contribution in [0.3, 0.4) is 0 Å². The highest BCUT2D eigenvalue weighted by Crippen LogP contribution is 2.18. The minimum atomic E-state index is 0.270. The summed E-state index contributed by atoms with van der Waals surface area (Å²) in [4.78, 5) is 9.89. The molecule has 3 heteroatoms. The first-order valence-electron chi connectivity index (χ1n) is 4.75. The van der Waals surface area contributed by atoms with E-state index >= 15 is 0 Å². The number of hydrogen-bond donors (Lipinski definition) is 0. The molecule has 0 amide bonds. The lowest BCUT2D eigenvalue weighted by Crippen LogP contribution is -2.06. The second-order valence-corrected chi connectivity index (χ2v) is 2.92. The van der Waals surface area contributed by atoms with Gasteiger partial charge >= 0.3 is 0 Å². The van der Waals surface area contributed by atoms with Gasteiger partial charge in [-0.15, -0.1) is 6.58 Å². The number of ether oxygens (including phenoxy) is 2. The Balaban J connectivity index is 2.50. The molecule has 0 unspecified atom stereocenters. The average molecular weight is 206 g/mol. The molecule has 0 aliphatic rings. The van der Waals surface area contributed by atoms with Crippen LogP contribution in [0, 0.1) is 0 Å². The van der Waals surface area contributed by atoms with E-state index in [1.807, 2.05) is 30.3 Å². The van der Waals surface area contributed by atoms with Crippen LogP contribution in [0.25, 0.3) is 0 Å². The van der Waals surface area contributed by atoms with Gasteiger partial charge in [0.25, 0.3) is 6.47 Å². The lowest BCUT2D eigenvalue weighted by Gasteiger charge is -2.09. The van der Waals surface area contributed by atoms with Crippen LogP contribution in [0.2, 0.25) is 0 Å². The van der Waals surface area contributed by atoms with Gasteiger partial charge in [-0.2, -0.15) is 0 Å². The van der Waals surface area contributed by atoms with Crippen molar-refractivity contribution in [3.63, 3.8) is 0 Å². The van der Waals surface area contributed by atoms with Gasteiger partial charge in [0.05, 0.1) is 0 Å². The number of rotatable bonds is 7. The molecule has 0 saturated heterocycles. The summed E-state index contributed by atoms with van der Waals surface area (Å²) in [6.45, 7) is 4.73. The largest absolute Gasteiger partial charge is 0.490 e. The van der Waals surface area contributed by atoms with E-state index in [0.29, 0.717) is 13.1 Å². The highest BCUT2D eigenvalue weighted by molar-refractivity contribution is 5.37. The lowest BCUT2D eigenvalue weighted by molar-refractivity contribution is -0.129. The first kappa shape index (κ1) is 11.3. The zero-order chi connectivity index (χ0) is 10.9. The van der Waals surface area contributed by atoms with Gasteiger partial charge in [-0.05, 0) is 18.1 Å². The summed E-state index contributed by atoms with van der Waals surface area (Å²) in [7, 11) is 0. The van der Waals surface area contributed by atoms with Crippen LogP contribution in [0.4, 0.5) is 0 Å². The summed E-state index contributed by atoms with van der Waals surface area (Å²) >= 11 is 0. The monoisotopic (exact) mass is 206 g/mol. The van der Waals surface area contributed by atoms with E-state index in [4.69, 9.17) is 4.74 Å². The third-order valence-corrected chi connectivity index (χ3v) is 1.86. The molecule has 0 saturated carbocycles. The minimum absolute atomic E-state index is 0.270. The van der Waals surface area contributed by atoms with Crippen molar-refractivity contribution in [2.24, 2.45) is 0 Å². The van der Waals surface area contributed by atoms with Gasteiger partial charge in [-0.25, -0.2) is 0 Å². The number of carbonyl (C=O) groups is 1. The quantitative estimate of drug-likeness (QED) is 0.388. The Kier molecular flexibility index (Phi) is 5.01. The van der Waals surface area contributed by atoms with Gasteiger partial charge in [0.15, 0.2) is 0 Å². The smallest absolute Gasteiger partial charge is 0.293 e. The van der Waals surface area contributed by atoms with Gasteiger partial charge in [0.2, 0.25) is 0 Å². The van der Waals surface area contributed by atoms with Crippen LogP contribution >= 0.6 is 0 Å². The summed E-state index contributed by atoms with van der Waals surface area (Å²) < 4.78 is 9.99. The molecule has 0 aliphatic heterocycles. The molecule has 0 heterocycles. The van der Waals surface area contributed by atoms with Crippen molar-refractivity contribution in [3.8, 4) is 5.75 Å². The molecule has 1 rings (SSSR count). The molecule has 0 aromatic heterocycles. The van der Waals surface area contributed by atoms with Crippen LogP contribution in [0.1, 0.15) is 5.56 Å². The number of carbonyl (C=O) groups excluding carboxylic acids is 1. The first-order chi connectivity index (χ1) is 7.38. The van der Waals surface area contributed by atoms with E-state index < -0.39 is 0 Å². The molecule has 0 aliphatic carbocycles. The van der Waals surface area contributed by atoms with Gasteiger partial charge in [-0.1, -0.05) is 24.3 Å². The fourth-order valence-corrected chi connectivity index (χ4v) is 1.22. The van der Waals surface area contributed by atoms with E-state index in [1.54, 1.807) is 0 Å². The van der Waals surface area contributed by atoms with Crippen LogP contribution in [-0.4, -0.2) is 19.7 Å². The van der Waals surface area contributed by atoms with Crippen molar-refractivity contribution in [1.82, 2.24) is 0 Å². The zero-order valence-corrected chi connectivity index (χ0v) is 8.52. The first-order valence-corrected chi connectivity index (χ1v) is 4.75. The molecule has 80 valence electrons. The predicted octanol–water partition coefficient (Wildman–Crippen LogP) is 1.97. The maximum absolute atomic E-state index is 9.89. The van der Waals surface area contributed by atoms with Crippen LogP contribution < -0.4 is 4.74 Å². The molecular weight excluding hydrogens is 192 g/mol. The highest BCUT2D eigenvalue weighted by atomic mass is 16.5. The number of hydrogen-bond acceptors (Lipinski definition) is 3. The van der Waals surface area contributed by atoms with Crippen LogP contribution in [-0.2, 0) is 16.0 Å². The predicted molar refractivity (Wildman–Crippen MR) is 57.9 cm³/mol. The topological polar surface area (TPSA) is 35.5 Å². The Hall–Kier alpha value is -1.77. The molecule has 1 aromatic rings. The van der Waals surface area contributed by atoms with Crippen molar-refractivity contribution in [2.45, 2.75) is 6.42 Å². The summed E-state index contributed by atoms with van der Waals surface area (Å²) in [5.41, 5.74) is 1.08. The molecule has 3 nitrogen and oxygen atoms in total. The molecule has 15 heavy (non-hydrogen) atoms. The number of allylic oxidation sites excluding steroid dienone is 1. The molecule has 0 spiro atoms. The normalized spacial score (nSPS) is 9.33. The summed E-state index contributed by atoms with van der Waals surface area (Å²) in [5.74, 6) is 0.812. The van der Waals surface area contributed by atoms with Crippen molar-refractivity contribution >= 4 is 6.47 Å². The SMILES string of the molecule is C=CCc1ccccc1OCCOC=O. The Morgan fingerprint density at radius 3 is 2.80 bits per heavy atom. The van der Waals surface area contributed by atoms with Crippen LogP contribution in [0.15, 0.2) is 36.9 Å². The Labute approximate surface area is 89.3 Å². The second-order valence-electron chi connectivity index (χ2n) is 2.92. The third-order valence-electron chi connectivity index (χ3n) is 1.86. The summed E-state index contributed by atoms with van der Waals surface area (Å²) in [5, 5.41) is 0. The van der Waals surface area contributed by atoms with E-state index in [1.165, 1.54) is 0 Å². The third kappa shape index (κ3) is 3.85. The number of para-hydroxylation sites is 1. The van der Waals surface area contributed by atoms with E-state index in [2.05, 4.69) is 11.3 Å². The Bertz CT molecular complexity index is 320. The molecule has 0 bridgehead atoms. The standard InChI is InChI=1S/C12H14O3/c1-2-5-11-6-3-4-7-12(11)15-9-8-14-10-13/h2-4,6-7,10H,1,5,8-9H2. The highest BCUT2D eigenvalue weighted by Gasteiger charge is 2.00. The molecule has 0 atom stereocenters. The fraction of sp³-hybridized carbons (Fsp3) is 0.250. The van der Waals surface area contributed by atoms with Crippen molar-refractivity contribution < 1.29 is 14.3 Å². The lowest BCUT2D eigenvalue weighted by atomic mass is 10.1.